The molecular formula is C12H12N2O6. The van der Waals surface area contributed by atoms with Crippen molar-refractivity contribution in [1.82, 2.24) is 10.5 Å². The molecule has 2 N–H and O–H groups in total. The van der Waals surface area contributed by atoms with Crippen molar-refractivity contribution >= 4 is 11.9 Å². The summed E-state index contributed by atoms with van der Waals surface area (Å²) in [6, 6.07) is 4.82. The third-order valence-electron chi connectivity index (χ3n) is 2.26. The van der Waals surface area contributed by atoms with Crippen molar-refractivity contribution in [1.29, 1.82) is 0 Å². The number of rotatable bonds is 7. The summed E-state index contributed by atoms with van der Waals surface area (Å²) in [4.78, 5) is 21.9. The molecule has 0 saturated carbocycles. The first-order valence-electron chi connectivity index (χ1n) is 5.75. The number of furan rings is 1. The number of hydrogen-bond donors (Lipinski definition) is 2. The standard InChI is InChI=1S/C12H12N2O6/c15-11(16)7-18-5-3-13-12(17)8-6-10(20-14-8)9-2-1-4-19-9/h1-2,4,6H,3,5,7H2,(H,13,17)(H,15,16). The molecule has 0 spiro atoms. The highest BCUT2D eigenvalue weighted by Gasteiger charge is 2.14. The fourth-order valence-corrected chi connectivity index (χ4v) is 1.40. The molecule has 2 aromatic rings. The van der Waals surface area contributed by atoms with Crippen LogP contribution in [-0.2, 0) is 9.53 Å². The zero-order chi connectivity index (χ0) is 14.4. The second kappa shape index (κ2) is 6.53. The molecule has 2 rings (SSSR count). The fraction of sp³-hybridized carbons (Fsp3) is 0.250. The smallest absolute Gasteiger partial charge is 0.329 e. The van der Waals surface area contributed by atoms with Gasteiger partial charge < -0.3 is 24.1 Å². The van der Waals surface area contributed by atoms with Crippen molar-refractivity contribution in [2.24, 2.45) is 0 Å². The summed E-state index contributed by atoms with van der Waals surface area (Å²) in [6.07, 6.45) is 1.48. The minimum Gasteiger partial charge on any atom is -0.480 e. The number of hydrogen-bond acceptors (Lipinski definition) is 6. The van der Waals surface area contributed by atoms with Crippen LogP contribution in [0.1, 0.15) is 10.5 Å². The second-order valence-corrected chi connectivity index (χ2v) is 3.76. The van der Waals surface area contributed by atoms with Crippen molar-refractivity contribution in [3.8, 4) is 11.5 Å². The highest BCUT2D eigenvalue weighted by atomic mass is 16.5. The number of nitrogens with zero attached hydrogens (tertiary/aromatic N) is 1. The summed E-state index contributed by atoms with van der Waals surface area (Å²) in [6.45, 7) is -0.127. The van der Waals surface area contributed by atoms with Crippen molar-refractivity contribution in [2.45, 2.75) is 0 Å². The molecule has 0 fully saturated rings. The van der Waals surface area contributed by atoms with E-state index in [2.05, 4.69) is 10.5 Å². The molecule has 0 atom stereocenters. The molecule has 8 nitrogen and oxygen atoms in total. The van der Waals surface area contributed by atoms with Crippen LogP contribution in [0.15, 0.2) is 33.4 Å². The van der Waals surface area contributed by atoms with E-state index in [1.165, 1.54) is 12.3 Å². The van der Waals surface area contributed by atoms with E-state index in [9.17, 15) is 9.59 Å². The Hall–Kier alpha value is -2.61. The van der Waals surface area contributed by atoms with E-state index < -0.39 is 18.5 Å². The predicted molar refractivity (Wildman–Crippen MR) is 65.0 cm³/mol. The Morgan fingerprint density at radius 1 is 1.40 bits per heavy atom. The zero-order valence-corrected chi connectivity index (χ0v) is 10.4. The first-order valence-corrected chi connectivity index (χ1v) is 5.75. The Balaban J connectivity index is 1.80. The Labute approximate surface area is 113 Å². The molecule has 106 valence electrons. The molecule has 0 aliphatic rings. The lowest BCUT2D eigenvalue weighted by atomic mass is 10.3. The van der Waals surface area contributed by atoms with Crippen LogP contribution in [0, 0.1) is 0 Å². The molecule has 2 aromatic heterocycles. The van der Waals surface area contributed by atoms with Gasteiger partial charge in [0, 0.05) is 12.6 Å². The molecule has 0 aliphatic carbocycles. The number of carbonyl (C=O) groups is 2. The van der Waals surface area contributed by atoms with Crippen molar-refractivity contribution in [3.05, 3.63) is 30.2 Å². The van der Waals surface area contributed by atoms with Gasteiger partial charge in [-0.15, -0.1) is 0 Å². The zero-order valence-electron chi connectivity index (χ0n) is 10.4. The molecule has 1 amide bonds. The number of amides is 1. The van der Waals surface area contributed by atoms with Crippen molar-refractivity contribution in [3.63, 3.8) is 0 Å². The topological polar surface area (TPSA) is 115 Å². The van der Waals surface area contributed by atoms with Crippen molar-refractivity contribution < 1.29 is 28.4 Å². The third-order valence-corrected chi connectivity index (χ3v) is 2.26. The first-order chi connectivity index (χ1) is 9.66. The molecule has 20 heavy (non-hydrogen) atoms. The van der Waals surface area contributed by atoms with E-state index in [0.717, 1.165) is 0 Å². The van der Waals surface area contributed by atoms with Gasteiger partial charge in [0.2, 0.25) is 5.76 Å². The monoisotopic (exact) mass is 280 g/mol. The lowest BCUT2D eigenvalue weighted by molar-refractivity contribution is -0.142. The number of carboxylic acid groups (broad SMARTS) is 1. The minimum absolute atomic E-state index is 0.0981. The maximum Gasteiger partial charge on any atom is 0.329 e. The second-order valence-electron chi connectivity index (χ2n) is 3.76. The van der Waals surface area contributed by atoms with E-state index in [0.29, 0.717) is 11.5 Å². The Morgan fingerprint density at radius 2 is 2.25 bits per heavy atom. The van der Waals surface area contributed by atoms with Gasteiger partial charge in [0.1, 0.15) is 6.61 Å². The Morgan fingerprint density at radius 3 is 2.95 bits per heavy atom. The lowest BCUT2D eigenvalue weighted by Crippen LogP contribution is -2.28. The van der Waals surface area contributed by atoms with Crippen LogP contribution in [0.4, 0.5) is 0 Å². The van der Waals surface area contributed by atoms with Crippen LogP contribution in [-0.4, -0.2) is 41.9 Å². The first kappa shape index (κ1) is 13.8. The van der Waals surface area contributed by atoms with Gasteiger partial charge in [-0.3, -0.25) is 4.79 Å². The third kappa shape index (κ3) is 3.69. The van der Waals surface area contributed by atoms with E-state index in [-0.39, 0.29) is 18.8 Å². The van der Waals surface area contributed by atoms with Gasteiger partial charge in [0.25, 0.3) is 5.91 Å². The normalized spacial score (nSPS) is 10.4. The highest BCUT2D eigenvalue weighted by Crippen LogP contribution is 2.20. The molecule has 0 radical (unpaired) electrons. The SMILES string of the molecule is O=C(O)COCCNC(=O)c1cc(-c2ccco2)on1. The van der Waals surface area contributed by atoms with Gasteiger partial charge in [0.05, 0.1) is 12.9 Å². The summed E-state index contributed by atoms with van der Waals surface area (Å²) in [5.41, 5.74) is 0.106. The lowest BCUT2D eigenvalue weighted by Gasteiger charge is -2.02. The van der Waals surface area contributed by atoms with Gasteiger partial charge >= 0.3 is 5.97 Å². The number of aliphatic carboxylic acids is 1. The summed E-state index contributed by atoms with van der Waals surface area (Å²) in [5, 5.41) is 14.5. The van der Waals surface area contributed by atoms with Crippen molar-refractivity contribution in [2.75, 3.05) is 19.8 Å². The summed E-state index contributed by atoms with van der Waals surface area (Å²) >= 11 is 0. The quantitative estimate of drug-likeness (QED) is 0.719. The Kier molecular flexibility index (Phi) is 4.51. The van der Waals surface area contributed by atoms with Gasteiger partial charge in [-0.05, 0) is 12.1 Å². The molecule has 0 unspecified atom stereocenters. The molecule has 0 aromatic carbocycles. The van der Waals surface area contributed by atoms with E-state index >= 15 is 0 Å². The van der Waals surface area contributed by atoms with Gasteiger partial charge in [-0.1, -0.05) is 5.16 Å². The number of nitrogens with one attached hydrogen (secondary N) is 1. The minimum atomic E-state index is -1.06. The average Bonchev–Trinajstić information content (AvgIpc) is 3.08. The van der Waals surface area contributed by atoms with Crippen LogP contribution < -0.4 is 5.32 Å². The maximum absolute atomic E-state index is 11.7. The summed E-state index contributed by atoms with van der Waals surface area (Å²) in [7, 11) is 0. The van der Waals surface area contributed by atoms with Gasteiger partial charge in [-0.25, -0.2) is 4.79 Å². The Bertz CT molecular complexity index is 575. The van der Waals surface area contributed by atoms with Crippen LogP contribution in [0.2, 0.25) is 0 Å². The highest BCUT2D eigenvalue weighted by molar-refractivity contribution is 5.92. The van der Waals surface area contributed by atoms with Gasteiger partial charge in [-0.2, -0.15) is 0 Å². The van der Waals surface area contributed by atoms with Crippen LogP contribution in [0.5, 0.6) is 0 Å². The van der Waals surface area contributed by atoms with Crippen LogP contribution in [0.25, 0.3) is 11.5 Å². The molecule has 0 saturated heterocycles. The van der Waals surface area contributed by atoms with E-state index in [1.54, 1.807) is 12.1 Å². The van der Waals surface area contributed by atoms with Crippen LogP contribution >= 0.6 is 0 Å². The van der Waals surface area contributed by atoms with Gasteiger partial charge in [0.15, 0.2) is 11.5 Å². The molecule has 8 heteroatoms. The van der Waals surface area contributed by atoms with E-state index in [1.807, 2.05) is 0 Å². The average molecular weight is 280 g/mol. The molecule has 0 bridgehead atoms. The number of carboxylic acids is 1. The largest absolute Gasteiger partial charge is 0.480 e. The summed E-state index contributed by atoms with van der Waals surface area (Å²) < 4.78 is 14.9. The molecule has 0 aliphatic heterocycles. The predicted octanol–water partition coefficient (Wildman–Crippen LogP) is 0.766. The molecule has 2 heterocycles. The maximum atomic E-state index is 11.7. The number of ether oxygens (including phenoxy) is 1. The fourth-order valence-electron chi connectivity index (χ4n) is 1.40. The number of aromatic nitrogens is 1. The number of carbonyl (C=O) groups excluding carboxylic acids is 1. The van der Waals surface area contributed by atoms with E-state index in [4.69, 9.17) is 18.8 Å². The molecular weight excluding hydrogens is 268 g/mol. The van der Waals surface area contributed by atoms with Crippen LogP contribution in [0.3, 0.4) is 0 Å². The summed E-state index contributed by atoms with van der Waals surface area (Å²) in [5.74, 6) is -0.676.